The van der Waals surface area contributed by atoms with Crippen LogP contribution in [0.4, 0.5) is 4.79 Å². The van der Waals surface area contributed by atoms with Gasteiger partial charge in [0.25, 0.3) is 0 Å². The van der Waals surface area contributed by atoms with Crippen molar-refractivity contribution in [1.82, 2.24) is 0 Å². The van der Waals surface area contributed by atoms with E-state index >= 15 is 0 Å². The van der Waals surface area contributed by atoms with Crippen LogP contribution in [-0.4, -0.2) is 18.9 Å². The Bertz CT molecular complexity index is 129. The van der Waals surface area contributed by atoms with Gasteiger partial charge in [-0.15, -0.1) is 0 Å². The smallest absolute Gasteiger partial charge is 0.434 e. The van der Waals surface area contributed by atoms with Gasteiger partial charge in [0.1, 0.15) is 0 Å². The normalized spacial score (nSPS) is 9.36. The highest BCUT2D eigenvalue weighted by Gasteiger charge is 2.04. The molecule has 0 spiro atoms. The lowest BCUT2D eigenvalue weighted by molar-refractivity contribution is 0.0357. The van der Waals surface area contributed by atoms with E-state index in [-0.39, 0.29) is 12.7 Å². The van der Waals surface area contributed by atoms with Gasteiger partial charge in [0.2, 0.25) is 0 Å². The molecule has 0 aliphatic rings. The average Bonchev–Trinajstić information content (AvgIpc) is 1.86. The van der Waals surface area contributed by atoms with Crippen molar-refractivity contribution in [3.05, 3.63) is 12.7 Å². The van der Waals surface area contributed by atoms with Crippen LogP contribution >= 0.6 is 0 Å². The van der Waals surface area contributed by atoms with Crippen LogP contribution in [0.25, 0.3) is 0 Å². The van der Waals surface area contributed by atoms with Crippen LogP contribution in [0.3, 0.4) is 0 Å². The highest BCUT2D eigenvalue weighted by Crippen LogP contribution is 1.93. The van der Waals surface area contributed by atoms with Crippen molar-refractivity contribution in [1.29, 1.82) is 0 Å². The molecule has 0 aromatic heterocycles. The summed E-state index contributed by atoms with van der Waals surface area (Å²) in [5, 5.41) is 0. The van der Waals surface area contributed by atoms with Crippen LogP contribution < -0.4 is 0 Å². The third-order valence-corrected chi connectivity index (χ3v) is 0.836. The summed E-state index contributed by atoms with van der Waals surface area (Å²) in [5.74, 6) is 0. The Labute approximate surface area is 67.0 Å². The van der Waals surface area contributed by atoms with Crippen molar-refractivity contribution >= 4 is 6.16 Å². The van der Waals surface area contributed by atoms with Gasteiger partial charge in [-0.2, -0.15) is 0 Å². The molecule has 1 radical (unpaired) electrons. The molecule has 3 nitrogen and oxygen atoms in total. The van der Waals surface area contributed by atoms with E-state index in [4.69, 9.17) is 6.58 Å². The fourth-order valence-corrected chi connectivity index (χ4v) is 0.437. The van der Waals surface area contributed by atoms with Crippen molar-refractivity contribution < 1.29 is 14.3 Å². The van der Waals surface area contributed by atoms with Crippen LogP contribution in [0.2, 0.25) is 0 Å². The first-order valence-corrected chi connectivity index (χ1v) is 3.53. The maximum atomic E-state index is 10.6. The van der Waals surface area contributed by atoms with Crippen LogP contribution in [0.5, 0.6) is 0 Å². The summed E-state index contributed by atoms with van der Waals surface area (Å²) in [7, 11) is 0. The molecule has 0 saturated heterocycles. The molecule has 0 fully saturated rings. The third-order valence-electron chi connectivity index (χ3n) is 0.836. The minimum Gasteiger partial charge on any atom is -0.434 e. The first kappa shape index (κ1) is 10.0. The van der Waals surface area contributed by atoms with Crippen LogP contribution in [0.15, 0.2) is 6.08 Å². The summed E-state index contributed by atoms with van der Waals surface area (Å²) in [4.78, 5) is 10.6. The minimum absolute atomic E-state index is 0.135. The van der Waals surface area contributed by atoms with E-state index in [1.807, 2.05) is 0 Å². The molecule has 0 atom stereocenters. The molecule has 0 aromatic rings. The lowest BCUT2D eigenvalue weighted by atomic mass is 10.5. The van der Waals surface area contributed by atoms with E-state index in [1.165, 1.54) is 6.08 Å². The Hall–Kier alpha value is -0.990. The maximum Gasteiger partial charge on any atom is 0.508 e. The van der Waals surface area contributed by atoms with Crippen molar-refractivity contribution in [2.75, 3.05) is 6.61 Å². The molecule has 0 bridgehead atoms. The second kappa shape index (κ2) is 5.77. The summed E-state index contributed by atoms with van der Waals surface area (Å²) >= 11 is 0. The zero-order valence-electron chi connectivity index (χ0n) is 6.87. The number of carbonyl (C=O) groups is 1. The molecule has 0 aliphatic heterocycles. The minimum atomic E-state index is -0.637. The van der Waals surface area contributed by atoms with E-state index in [0.29, 0.717) is 6.42 Å². The van der Waals surface area contributed by atoms with E-state index < -0.39 is 6.16 Å². The first-order valence-electron chi connectivity index (χ1n) is 3.53. The molecular weight excluding hydrogens is 144 g/mol. The maximum absolute atomic E-state index is 10.6. The van der Waals surface area contributed by atoms with Crippen LogP contribution in [0, 0.1) is 6.58 Å². The molecule has 0 rings (SSSR count). The van der Waals surface area contributed by atoms with E-state index in [0.717, 1.165) is 0 Å². The van der Waals surface area contributed by atoms with Gasteiger partial charge in [0.15, 0.2) is 0 Å². The van der Waals surface area contributed by atoms with E-state index in [9.17, 15) is 4.79 Å². The Morgan fingerprint density at radius 3 is 2.73 bits per heavy atom. The van der Waals surface area contributed by atoms with E-state index in [2.05, 4.69) is 9.47 Å². The topological polar surface area (TPSA) is 35.5 Å². The highest BCUT2D eigenvalue weighted by atomic mass is 16.7. The summed E-state index contributed by atoms with van der Waals surface area (Å²) in [6.07, 6.45) is 1.21. The molecule has 0 amide bonds. The molecule has 0 unspecified atom stereocenters. The van der Waals surface area contributed by atoms with Gasteiger partial charge >= 0.3 is 6.16 Å². The summed E-state index contributed by atoms with van der Waals surface area (Å²) in [6.45, 7) is 8.86. The molecule has 0 aromatic carbocycles. The standard InChI is InChI=1S/C8H13O3/c1-4-5-6-10-8(9)11-7(2)3/h1,4,7H,5-6H2,2-3H3. The van der Waals surface area contributed by atoms with Gasteiger partial charge < -0.3 is 9.47 Å². The van der Waals surface area contributed by atoms with Crippen molar-refractivity contribution in [3.8, 4) is 0 Å². The molecule has 0 N–H and O–H groups in total. The van der Waals surface area contributed by atoms with Crippen molar-refractivity contribution in [2.45, 2.75) is 26.4 Å². The predicted molar refractivity (Wildman–Crippen MR) is 41.1 cm³/mol. The summed E-state index contributed by atoms with van der Waals surface area (Å²) < 4.78 is 9.30. The Morgan fingerprint density at radius 1 is 1.64 bits per heavy atom. The van der Waals surface area contributed by atoms with Gasteiger partial charge in [-0.1, -0.05) is 12.7 Å². The number of ether oxygens (including phenoxy) is 2. The second-order valence-corrected chi connectivity index (χ2v) is 2.29. The quantitative estimate of drug-likeness (QED) is 0.462. The molecular formula is C8H13O3. The van der Waals surface area contributed by atoms with Gasteiger partial charge in [0.05, 0.1) is 12.7 Å². The number of carbonyl (C=O) groups excluding carboxylic acids is 1. The predicted octanol–water partition coefficient (Wildman–Crippen LogP) is 1.93. The van der Waals surface area contributed by atoms with Gasteiger partial charge in [-0.25, -0.2) is 4.79 Å². The molecule has 0 aliphatic carbocycles. The largest absolute Gasteiger partial charge is 0.508 e. The fourth-order valence-electron chi connectivity index (χ4n) is 0.437. The van der Waals surface area contributed by atoms with Crippen LogP contribution in [-0.2, 0) is 9.47 Å². The van der Waals surface area contributed by atoms with Gasteiger partial charge in [0, 0.05) is 0 Å². The van der Waals surface area contributed by atoms with E-state index in [1.54, 1.807) is 13.8 Å². The lowest BCUT2D eigenvalue weighted by Gasteiger charge is -2.06. The zero-order chi connectivity index (χ0) is 8.69. The number of rotatable bonds is 4. The zero-order valence-corrected chi connectivity index (χ0v) is 6.87. The van der Waals surface area contributed by atoms with Crippen molar-refractivity contribution in [2.24, 2.45) is 0 Å². The Morgan fingerprint density at radius 2 is 2.27 bits per heavy atom. The number of hydrogen-bond donors (Lipinski definition) is 0. The van der Waals surface area contributed by atoms with Crippen molar-refractivity contribution in [3.63, 3.8) is 0 Å². The first-order chi connectivity index (χ1) is 5.16. The Balaban J connectivity index is 3.30. The number of hydrogen-bond acceptors (Lipinski definition) is 3. The summed E-state index contributed by atoms with van der Waals surface area (Å²) in [6, 6.07) is 0. The van der Waals surface area contributed by atoms with Gasteiger partial charge in [-0.3, -0.25) is 0 Å². The lowest BCUT2D eigenvalue weighted by Crippen LogP contribution is -2.13. The molecule has 63 valence electrons. The summed E-state index contributed by atoms with van der Waals surface area (Å²) in [5.41, 5.74) is 0. The molecule has 0 saturated carbocycles. The highest BCUT2D eigenvalue weighted by molar-refractivity contribution is 5.59. The molecule has 0 heterocycles. The Kier molecular flexibility index (Phi) is 5.25. The third kappa shape index (κ3) is 6.90. The van der Waals surface area contributed by atoms with Gasteiger partial charge in [-0.05, 0) is 20.3 Å². The monoisotopic (exact) mass is 157 g/mol. The van der Waals surface area contributed by atoms with Crippen LogP contribution in [0.1, 0.15) is 20.3 Å². The average molecular weight is 157 g/mol. The fraction of sp³-hybridized carbons (Fsp3) is 0.625. The second-order valence-electron chi connectivity index (χ2n) is 2.29. The molecule has 3 heteroatoms. The molecule has 11 heavy (non-hydrogen) atoms. The SMILES string of the molecule is [CH]=CCCOC(=O)OC(C)C.